The molecular weight excluding hydrogens is 392 g/mol. The third-order valence-electron chi connectivity index (χ3n) is 2.43. The molecule has 0 aliphatic carbocycles. The number of anilines is 1. The minimum Gasteiger partial charge on any atom is -0.478 e. The van der Waals surface area contributed by atoms with Gasteiger partial charge in [0.15, 0.2) is 0 Å². The number of aromatic carboxylic acids is 1. The molecule has 20 heavy (non-hydrogen) atoms. The molecule has 1 heterocycles. The van der Waals surface area contributed by atoms with Gasteiger partial charge in [-0.3, -0.25) is 4.79 Å². The number of aromatic nitrogens is 1. The van der Waals surface area contributed by atoms with Crippen LogP contribution >= 0.6 is 31.9 Å². The number of benzene rings is 1. The van der Waals surface area contributed by atoms with Crippen LogP contribution < -0.4 is 5.32 Å². The molecule has 0 radical (unpaired) electrons. The Labute approximate surface area is 131 Å². The molecular formula is C13H8Br2N2O3. The highest BCUT2D eigenvalue weighted by atomic mass is 79.9. The third-order valence-corrected chi connectivity index (χ3v) is 3.57. The zero-order chi connectivity index (χ0) is 14.7. The third kappa shape index (κ3) is 3.23. The Hall–Kier alpha value is -1.73. The first-order valence-electron chi connectivity index (χ1n) is 5.44. The second-order valence-electron chi connectivity index (χ2n) is 3.78. The first-order chi connectivity index (χ1) is 9.49. The molecule has 0 fully saturated rings. The Kier molecular flexibility index (Phi) is 4.51. The van der Waals surface area contributed by atoms with Crippen molar-refractivity contribution in [3.05, 3.63) is 56.7 Å². The van der Waals surface area contributed by atoms with E-state index in [-0.39, 0.29) is 16.9 Å². The molecule has 0 unspecified atom stereocenters. The number of carboxylic acid groups (broad SMARTS) is 1. The minimum absolute atomic E-state index is 0.00797. The molecule has 0 atom stereocenters. The molecule has 1 amide bonds. The number of amides is 1. The molecule has 1 aromatic carbocycles. The molecule has 2 rings (SSSR count). The lowest BCUT2D eigenvalue weighted by Crippen LogP contribution is -2.16. The molecule has 102 valence electrons. The number of hydrogen-bond donors (Lipinski definition) is 2. The van der Waals surface area contributed by atoms with Crippen molar-refractivity contribution >= 4 is 49.4 Å². The van der Waals surface area contributed by atoms with Crippen molar-refractivity contribution in [2.45, 2.75) is 0 Å². The summed E-state index contributed by atoms with van der Waals surface area (Å²) in [4.78, 5) is 27.2. The van der Waals surface area contributed by atoms with Crippen molar-refractivity contribution in [1.29, 1.82) is 0 Å². The highest BCUT2D eigenvalue weighted by Crippen LogP contribution is 2.23. The van der Waals surface area contributed by atoms with Crippen LogP contribution in [0.1, 0.15) is 20.8 Å². The van der Waals surface area contributed by atoms with E-state index in [4.69, 9.17) is 5.11 Å². The predicted octanol–water partition coefficient (Wildman–Crippen LogP) is 3.56. The summed E-state index contributed by atoms with van der Waals surface area (Å²) in [6.45, 7) is 0. The Balaban J connectivity index is 2.35. The van der Waals surface area contributed by atoms with Crippen molar-refractivity contribution in [1.82, 2.24) is 4.98 Å². The molecule has 1 aromatic heterocycles. The fourth-order valence-electron chi connectivity index (χ4n) is 1.54. The molecule has 2 aromatic rings. The van der Waals surface area contributed by atoms with Gasteiger partial charge >= 0.3 is 5.97 Å². The summed E-state index contributed by atoms with van der Waals surface area (Å²) >= 11 is 6.46. The van der Waals surface area contributed by atoms with Gasteiger partial charge in [0.05, 0.1) is 11.3 Å². The van der Waals surface area contributed by atoms with Gasteiger partial charge in [-0.2, -0.15) is 0 Å². The van der Waals surface area contributed by atoms with Gasteiger partial charge in [-0.15, -0.1) is 0 Å². The van der Waals surface area contributed by atoms with E-state index in [1.807, 2.05) is 0 Å². The maximum absolute atomic E-state index is 12.1. The molecule has 0 saturated carbocycles. The van der Waals surface area contributed by atoms with E-state index < -0.39 is 11.9 Å². The van der Waals surface area contributed by atoms with Gasteiger partial charge in [0.25, 0.3) is 5.91 Å². The quantitative estimate of drug-likeness (QED) is 0.826. The first kappa shape index (κ1) is 14.7. The van der Waals surface area contributed by atoms with Crippen LogP contribution in [0.15, 0.2) is 45.5 Å². The largest absolute Gasteiger partial charge is 0.478 e. The molecule has 0 aliphatic heterocycles. The van der Waals surface area contributed by atoms with Crippen molar-refractivity contribution < 1.29 is 14.7 Å². The van der Waals surface area contributed by atoms with Gasteiger partial charge in [0.1, 0.15) is 5.69 Å². The zero-order valence-electron chi connectivity index (χ0n) is 9.93. The van der Waals surface area contributed by atoms with Crippen LogP contribution in [0.3, 0.4) is 0 Å². The topological polar surface area (TPSA) is 79.3 Å². The van der Waals surface area contributed by atoms with E-state index in [0.717, 1.165) is 0 Å². The normalized spacial score (nSPS) is 10.1. The van der Waals surface area contributed by atoms with Crippen LogP contribution in [0, 0.1) is 0 Å². The fraction of sp³-hybridized carbons (Fsp3) is 0. The van der Waals surface area contributed by atoms with E-state index in [2.05, 4.69) is 42.2 Å². The van der Waals surface area contributed by atoms with E-state index in [0.29, 0.717) is 8.95 Å². The first-order valence-corrected chi connectivity index (χ1v) is 7.02. The number of carbonyl (C=O) groups excluding carboxylic acids is 1. The average Bonchev–Trinajstić information content (AvgIpc) is 2.38. The lowest BCUT2D eigenvalue weighted by molar-refractivity contribution is 0.0698. The highest BCUT2D eigenvalue weighted by Gasteiger charge is 2.16. The fourth-order valence-corrected chi connectivity index (χ4v) is 2.34. The Bertz CT molecular complexity index is 689. The summed E-state index contributed by atoms with van der Waals surface area (Å²) in [6.07, 6.45) is 1.48. The van der Waals surface area contributed by atoms with Gasteiger partial charge in [-0.25, -0.2) is 9.78 Å². The van der Waals surface area contributed by atoms with E-state index in [1.54, 1.807) is 18.2 Å². The van der Waals surface area contributed by atoms with Gasteiger partial charge in [0.2, 0.25) is 0 Å². The SMILES string of the molecule is O=C(O)c1ccc(Br)cc1NC(=O)c1ncccc1Br. The zero-order valence-corrected chi connectivity index (χ0v) is 13.1. The predicted molar refractivity (Wildman–Crippen MR) is 81.0 cm³/mol. The molecule has 0 bridgehead atoms. The minimum atomic E-state index is -1.12. The van der Waals surface area contributed by atoms with E-state index >= 15 is 0 Å². The second kappa shape index (κ2) is 6.15. The van der Waals surface area contributed by atoms with Crippen molar-refractivity contribution in [3.63, 3.8) is 0 Å². The van der Waals surface area contributed by atoms with Crippen molar-refractivity contribution in [2.75, 3.05) is 5.32 Å². The number of carboxylic acids is 1. The van der Waals surface area contributed by atoms with Gasteiger partial charge in [-0.1, -0.05) is 15.9 Å². The van der Waals surface area contributed by atoms with E-state index in [1.165, 1.54) is 18.3 Å². The monoisotopic (exact) mass is 398 g/mol. The lowest BCUT2D eigenvalue weighted by Gasteiger charge is -2.09. The number of hydrogen-bond acceptors (Lipinski definition) is 3. The van der Waals surface area contributed by atoms with Crippen molar-refractivity contribution in [2.24, 2.45) is 0 Å². The Morgan fingerprint density at radius 2 is 1.95 bits per heavy atom. The molecule has 0 aliphatic rings. The highest BCUT2D eigenvalue weighted by molar-refractivity contribution is 9.10. The van der Waals surface area contributed by atoms with Crippen LogP contribution in [-0.4, -0.2) is 22.0 Å². The van der Waals surface area contributed by atoms with Crippen LogP contribution in [0.25, 0.3) is 0 Å². The van der Waals surface area contributed by atoms with Gasteiger partial charge < -0.3 is 10.4 Å². The van der Waals surface area contributed by atoms with Crippen LogP contribution in [0.2, 0.25) is 0 Å². The van der Waals surface area contributed by atoms with Crippen molar-refractivity contribution in [3.8, 4) is 0 Å². The van der Waals surface area contributed by atoms with Crippen LogP contribution in [-0.2, 0) is 0 Å². The second-order valence-corrected chi connectivity index (χ2v) is 5.55. The number of carbonyl (C=O) groups is 2. The maximum atomic E-state index is 12.1. The Morgan fingerprint density at radius 3 is 2.60 bits per heavy atom. The molecule has 7 heteroatoms. The maximum Gasteiger partial charge on any atom is 0.337 e. The number of pyridine rings is 1. The molecule has 5 nitrogen and oxygen atoms in total. The summed E-state index contributed by atoms with van der Waals surface area (Å²) in [5.74, 6) is -1.61. The lowest BCUT2D eigenvalue weighted by atomic mass is 10.1. The summed E-state index contributed by atoms with van der Waals surface area (Å²) < 4.78 is 1.20. The van der Waals surface area contributed by atoms with Crippen LogP contribution in [0.4, 0.5) is 5.69 Å². The molecule has 0 saturated heterocycles. The summed E-state index contributed by atoms with van der Waals surface area (Å²) in [7, 11) is 0. The standard InChI is InChI=1S/C13H8Br2N2O3/c14-7-3-4-8(13(19)20)10(6-7)17-12(18)11-9(15)2-1-5-16-11/h1-6H,(H,17,18)(H,19,20). The van der Waals surface area contributed by atoms with Crippen LogP contribution in [0.5, 0.6) is 0 Å². The molecule has 0 spiro atoms. The summed E-state index contributed by atoms with van der Waals surface area (Å²) in [5, 5.41) is 11.7. The summed E-state index contributed by atoms with van der Waals surface area (Å²) in [5.41, 5.74) is 0.395. The average molecular weight is 400 g/mol. The number of nitrogens with one attached hydrogen (secondary N) is 1. The van der Waals surface area contributed by atoms with E-state index in [9.17, 15) is 9.59 Å². The number of nitrogens with zero attached hydrogens (tertiary/aromatic N) is 1. The van der Waals surface area contributed by atoms with Gasteiger partial charge in [-0.05, 0) is 46.3 Å². The van der Waals surface area contributed by atoms with Gasteiger partial charge in [0, 0.05) is 15.1 Å². The number of rotatable bonds is 3. The Morgan fingerprint density at radius 1 is 1.20 bits per heavy atom. The number of halogens is 2. The smallest absolute Gasteiger partial charge is 0.337 e. The molecule has 2 N–H and O–H groups in total. The summed E-state index contributed by atoms with van der Waals surface area (Å²) in [6, 6.07) is 7.90.